The summed E-state index contributed by atoms with van der Waals surface area (Å²) in [6.45, 7) is 5.64. The minimum absolute atomic E-state index is 0.127. The van der Waals surface area contributed by atoms with E-state index in [0.717, 1.165) is 13.1 Å². The third kappa shape index (κ3) is 4.05. The van der Waals surface area contributed by atoms with E-state index < -0.39 is 0 Å². The van der Waals surface area contributed by atoms with Crippen LogP contribution in [0.1, 0.15) is 25.8 Å². The second-order valence-corrected chi connectivity index (χ2v) is 6.38. The van der Waals surface area contributed by atoms with E-state index in [2.05, 4.69) is 46.9 Å². The van der Waals surface area contributed by atoms with Gasteiger partial charge >= 0.3 is 0 Å². The number of nitrogens with zero attached hydrogens (tertiary/aromatic N) is 1. The number of benzene rings is 1. The Morgan fingerprint density at radius 2 is 2.10 bits per heavy atom. The van der Waals surface area contributed by atoms with E-state index >= 15 is 0 Å². The molecule has 108 valence electrons. The first-order chi connectivity index (χ1) is 9.56. The van der Waals surface area contributed by atoms with Crippen molar-refractivity contribution in [1.82, 2.24) is 10.2 Å². The first kappa shape index (κ1) is 15.0. The van der Waals surface area contributed by atoms with Gasteiger partial charge in [0.2, 0.25) is 5.91 Å². The smallest absolute Gasteiger partial charge is 0.221 e. The Morgan fingerprint density at radius 3 is 2.85 bits per heavy atom. The third-order valence-corrected chi connectivity index (χ3v) is 4.18. The summed E-state index contributed by atoms with van der Waals surface area (Å²) < 4.78 is 1.33. The first-order valence-electron chi connectivity index (χ1n) is 6.99. The van der Waals surface area contributed by atoms with Gasteiger partial charge in [-0.15, -0.1) is 11.3 Å². The van der Waals surface area contributed by atoms with E-state index in [4.69, 9.17) is 0 Å². The molecule has 20 heavy (non-hydrogen) atoms. The van der Waals surface area contributed by atoms with Gasteiger partial charge in [0.15, 0.2) is 0 Å². The zero-order chi connectivity index (χ0) is 14.5. The van der Waals surface area contributed by atoms with Crippen molar-refractivity contribution < 1.29 is 4.79 Å². The molecule has 0 spiro atoms. The van der Waals surface area contributed by atoms with Crippen molar-refractivity contribution in [2.24, 2.45) is 0 Å². The van der Waals surface area contributed by atoms with Crippen LogP contribution in [-0.4, -0.2) is 30.4 Å². The Hall–Kier alpha value is -1.39. The highest BCUT2D eigenvalue weighted by atomic mass is 32.1. The Balaban J connectivity index is 1.88. The number of carbonyl (C=O) groups is 1. The SMILES string of the molecule is CC(C)NC(=O)CCN(C)Cc1csc2ccccc12. The topological polar surface area (TPSA) is 32.3 Å². The molecule has 0 saturated carbocycles. The molecule has 1 aromatic carbocycles. The fourth-order valence-corrected chi connectivity index (χ4v) is 3.17. The number of thiophene rings is 1. The molecule has 1 heterocycles. The lowest BCUT2D eigenvalue weighted by molar-refractivity contribution is -0.121. The van der Waals surface area contributed by atoms with Crippen LogP contribution in [0.25, 0.3) is 10.1 Å². The lowest BCUT2D eigenvalue weighted by atomic mass is 10.1. The normalized spacial score (nSPS) is 11.4. The minimum atomic E-state index is 0.127. The Morgan fingerprint density at radius 1 is 1.35 bits per heavy atom. The quantitative estimate of drug-likeness (QED) is 0.885. The molecule has 0 saturated heterocycles. The van der Waals surface area contributed by atoms with Crippen molar-refractivity contribution in [3.05, 3.63) is 35.2 Å². The summed E-state index contributed by atoms with van der Waals surface area (Å²) in [5.41, 5.74) is 1.34. The van der Waals surface area contributed by atoms with Gasteiger partial charge in [0.1, 0.15) is 0 Å². The second-order valence-electron chi connectivity index (χ2n) is 5.47. The van der Waals surface area contributed by atoms with Gasteiger partial charge in [0.25, 0.3) is 0 Å². The van der Waals surface area contributed by atoms with Crippen LogP contribution in [-0.2, 0) is 11.3 Å². The number of nitrogens with one attached hydrogen (secondary N) is 1. The van der Waals surface area contributed by atoms with Gasteiger partial charge in [0, 0.05) is 30.3 Å². The lowest BCUT2D eigenvalue weighted by Crippen LogP contribution is -2.33. The van der Waals surface area contributed by atoms with Crippen molar-refractivity contribution in [2.75, 3.05) is 13.6 Å². The van der Waals surface area contributed by atoms with Crippen molar-refractivity contribution in [3.8, 4) is 0 Å². The highest BCUT2D eigenvalue weighted by Gasteiger charge is 2.09. The van der Waals surface area contributed by atoms with E-state index in [0.29, 0.717) is 6.42 Å². The molecular formula is C16H22N2OS. The maximum absolute atomic E-state index is 11.6. The molecule has 0 bridgehead atoms. The number of rotatable bonds is 6. The van der Waals surface area contributed by atoms with Crippen LogP contribution in [0, 0.1) is 0 Å². The molecule has 3 nitrogen and oxygen atoms in total. The summed E-state index contributed by atoms with van der Waals surface area (Å²) in [5, 5.41) is 6.47. The van der Waals surface area contributed by atoms with Crippen molar-refractivity contribution in [3.63, 3.8) is 0 Å². The van der Waals surface area contributed by atoms with Gasteiger partial charge in [-0.2, -0.15) is 0 Å². The molecule has 1 amide bonds. The Bertz CT molecular complexity index is 577. The van der Waals surface area contributed by atoms with Crippen LogP contribution in [0.2, 0.25) is 0 Å². The Kier molecular flexibility index (Phi) is 5.15. The average molecular weight is 290 g/mol. The van der Waals surface area contributed by atoms with E-state index in [1.807, 2.05) is 13.8 Å². The molecule has 4 heteroatoms. The van der Waals surface area contributed by atoms with Crippen LogP contribution in [0.3, 0.4) is 0 Å². The van der Waals surface area contributed by atoms with Gasteiger partial charge in [-0.1, -0.05) is 18.2 Å². The van der Waals surface area contributed by atoms with Crippen molar-refractivity contribution in [2.45, 2.75) is 32.9 Å². The maximum Gasteiger partial charge on any atom is 0.221 e. The monoisotopic (exact) mass is 290 g/mol. The minimum Gasteiger partial charge on any atom is -0.354 e. The van der Waals surface area contributed by atoms with Gasteiger partial charge in [0.05, 0.1) is 0 Å². The number of carbonyl (C=O) groups excluding carboxylic acids is 1. The molecule has 1 N–H and O–H groups in total. The summed E-state index contributed by atoms with van der Waals surface area (Å²) in [6.07, 6.45) is 0.552. The summed E-state index contributed by atoms with van der Waals surface area (Å²) in [7, 11) is 2.06. The molecule has 2 rings (SSSR count). The largest absolute Gasteiger partial charge is 0.354 e. The summed E-state index contributed by atoms with van der Waals surface area (Å²) in [5.74, 6) is 0.127. The van der Waals surface area contributed by atoms with Gasteiger partial charge in [-0.3, -0.25) is 4.79 Å². The van der Waals surface area contributed by atoms with Gasteiger partial charge in [-0.25, -0.2) is 0 Å². The standard InChI is InChI=1S/C16H22N2OS/c1-12(2)17-16(19)8-9-18(3)10-13-11-20-15-7-5-4-6-14(13)15/h4-7,11-12H,8-10H2,1-3H3,(H,17,19). The summed E-state index contributed by atoms with van der Waals surface area (Å²) >= 11 is 1.78. The maximum atomic E-state index is 11.6. The first-order valence-corrected chi connectivity index (χ1v) is 7.87. The lowest BCUT2D eigenvalue weighted by Gasteiger charge is -2.16. The second kappa shape index (κ2) is 6.86. The van der Waals surface area contributed by atoms with Crippen LogP contribution < -0.4 is 5.32 Å². The van der Waals surface area contributed by atoms with Crippen LogP contribution in [0.15, 0.2) is 29.6 Å². The highest BCUT2D eigenvalue weighted by Crippen LogP contribution is 2.26. The predicted molar refractivity (Wildman–Crippen MR) is 86.1 cm³/mol. The molecule has 0 aliphatic rings. The molecule has 1 aromatic heterocycles. The van der Waals surface area contributed by atoms with Crippen LogP contribution >= 0.6 is 11.3 Å². The Labute approximate surface area is 124 Å². The number of hydrogen-bond acceptors (Lipinski definition) is 3. The molecule has 2 aromatic rings. The number of hydrogen-bond donors (Lipinski definition) is 1. The highest BCUT2D eigenvalue weighted by molar-refractivity contribution is 7.17. The van der Waals surface area contributed by atoms with Gasteiger partial charge < -0.3 is 10.2 Å². The van der Waals surface area contributed by atoms with E-state index in [1.54, 1.807) is 11.3 Å². The van der Waals surface area contributed by atoms with E-state index in [-0.39, 0.29) is 11.9 Å². The fraction of sp³-hybridized carbons (Fsp3) is 0.438. The molecule has 0 radical (unpaired) electrons. The average Bonchev–Trinajstić information content (AvgIpc) is 2.79. The van der Waals surface area contributed by atoms with Gasteiger partial charge in [-0.05, 0) is 43.3 Å². The molecule has 0 aliphatic carbocycles. The predicted octanol–water partition coefficient (Wildman–Crippen LogP) is 3.25. The number of amides is 1. The molecule has 0 atom stereocenters. The fourth-order valence-electron chi connectivity index (χ4n) is 2.21. The summed E-state index contributed by atoms with van der Waals surface area (Å²) in [4.78, 5) is 13.8. The van der Waals surface area contributed by atoms with Crippen molar-refractivity contribution in [1.29, 1.82) is 0 Å². The molecular weight excluding hydrogens is 268 g/mol. The molecule has 0 unspecified atom stereocenters. The van der Waals surface area contributed by atoms with E-state index in [9.17, 15) is 4.79 Å². The zero-order valence-corrected chi connectivity index (χ0v) is 13.2. The third-order valence-electron chi connectivity index (χ3n) is 3.17. The van der Waals surface area contributed by atoms with Crippen LogP contribution in [0.4, 0.5) is 0 Å². The molecule has 0 aliphatic heterocycles. The molecule has 0 fully saturated rings. The zero-order valence-electron chi connectivity index (χ0n) is 12.3. The summed E-state index contributed by atoms with van der Waals surface area (Å²) in [6, 6.07) is 8.69. The van der Waals surface area contributed by atoms with E-state index in [1.165, 1.54) is 15.6 Å². The number of fused-ring (bicyclic) bond motifs is 1. The van der Waals surface area contributed by atoms with Crippen molar-refractivity contribution >= 4 is 27.3 Å². The van der Waals surface area contributed by atoms with Crippen LogP contribution in [0.5, 0.6) is 0 Å².